The van der Waals surface area contributed by atoms with Crippen molar-refractivity contribution in [2.75, 3.05) is 18.1 Å². The molecule has 0 radical (unpaired) electrons. The fourth-order valence-corrected chi connectivity index (χ4v) is 5.13. The standard InChI is InChI=1S/C19H27Br2N3O2S/c1-12(25)22-17(11-27)19(26)23-18-13(8-14(20)9-16(18)21)10-24(2)15-6-4-3-5-7-15/h8-9,15,17,27H,3-7,10-11H2,1-2H3,(H,22,25)(H,23,26)/t17-/m0/s1. The van der Waals surface area contributed by atoms with Crippen molar-refractivity contribution in [3.8, 4) is 0 Å². The highest BCUT2D eigenvalue weighted by Gasteiger charge is 2.23. The van der Waals surface area contributed by atoms with Gasteiger partial charge in [-0.25, -0.2) is 0 Å². The van der Waals surface area contributed by atoms with Crippen molar-refractivity contribution in [1.29, 1.82) is 0 Å². The minimum atomic E-state index is -0.676. The van der Waals surface area contributed by atoms with Gasteiger partial charge in [0, 0.05) is 34.2 Å². The topological polar surface area (TPSA) is 61.4 Å². The summed E-state index contributed by atoms with van der Waals surface area (Å²) in [5.74, 6) is -0.294. The summed E-state index contributed by atoms with van der Waals surface area (Å²) >= 11 is 11.3. The Hall–Kier alpha value is -0.570. The Kier molecular flexibility index (Phi) is 9.11. The van der Waals surface area contributed by atoms with Crippen LogP contribution in [0, 0.1) is 0 Å². The molecule has 2 rings (SSSR count). The summed E-state index contributed by atoms with van der Waals surface area (Å²) in [6.07, 6.45) is 6.32. The molecule has 0 unspecified atom stereocenters. The van der Waals surface area contributed by atoms with Gasteiger partial charge < -0.3 is 10.6 Å². The SMILES string of the molecule is CC(=O)N[C@@H](CS)C(=O)Nc1c(Br)cc(Br)cc1CN(C)C1CCCCC1. The summed E-state index contributed by atoms with van der Waals surface area (Å²) in [6.45, 7) is 2.13. The molecule has 150 valence electrons. The van der Waals surface area contributed by atoms with Gasteiger partial charge in [0.15, 0.2) is 0 Å². The maximum atomic E-state index is 12.6. The van der Waals surface area contributed by atoms with E-state index in [1.165, 1.54) is 39.0 Å². The number of carbonyl (C=O) groups is 2. The number of hydrogen-bond donors (Lipinski definition) is 3. The molecule has 8 heteroatoms. The maximum absolute atomic E-state index is 12.6. The molecule has 0 spiro atoms. The summed E-state index contributed by atoms with van der Waals surface area (Å²) in [5, 5.41) is 5.60. The van der Waals surface area contributed by atoms with Crippen LogP contribution in [0.2, 0.25) is 0 Å². The molecular formula is C19H27Br2N3O2S. The van der Waals surface area contributed by atoms with Crippen molar-refractivity contribution in [3.05, 3.63) is 26.6 Å². The molecule has 0 saturated heterocycles. The van der Waals surface area contributed by atoms with Crippen LogP contribution >= 0.6 is 44.5 Å². The fourth-order valence-electron chi connectivity index (χ4n) is 3.46. The fraction of sp³-hybridized carbons (Fsp3) is 0.579. The zero-order valence-electron chi connectivity index (χ0n) is 15.7. The van der Waals surface area contributed by atoms with Crippen LogP contribution in [0.3, 0.4) is 0 Å². The smallest absolute Gasteiger partial charge is 0.247 e. The molecule has 1 fully saturated rings. The van der Waals surface area contributed by atoms with E-state index in [4.69, 9.17) is 0 Å². The Morgan fingerprint density at radius 1 is 1.26 bits per heavy atom. The molecule has 1 aromatic rings. The van der Waals surface area contributed by atoms with Crippen LogP contribution in [0.4, 0.5) is 5.69 Å². The molecule has 0 aromatic heterocycles. The average Bonchev–Trinajstić information content (AvgIpc) is 2.62. The molecule has 27 heavy (non-hydrogen) atoms. The van der Waals surface area contributed by atoms with Gasteiger partial charge in [-0.2, -0.15) is 12.6 Å². The van der Waals surface area contributed by atoms with Gasteiger partial charge in [0.1, 0.15) is 6.04 Å². The van der Waals surface area contributed by atoms with Crippen LogP contribution in [0.15, 0.2) is 21.1 Å². The highest BCUT2D eigenvalue weighted by Crippen LogP contribution is 2.33. The summed E-state index contributed by atoms with van der Waals surface area (Å²) in [6, 6.07) is 3.84. The number of amides is 2. The second-order valence-electron chi connectivity index (χ2n) is 7.05. The number of thiol groups is 1. The van der Waals surface area contributed by atoms with E-state index in [0.717, 1.165) is 26.7 Å². The van der Waals surface area contributed by atoms with Gasteiger partial charge in [-0.15, -0.1) is 0 Å². The first-order valence-corrected chi connectivity index (χ1v) is 11.4. The summed E-state index contributed by atoms with van der Waals surface area (Å²) in [5.41, 5.74) is 1.77. The highest BCUT2D eigenvalue weighted by molar-refractivity contribution is 9.11. The summed E-state index contributed by atoms with van der Waals surface area (Å²) < 4.78 is 1.75. The number of halogens is 2. The molecule has 0 aliphatic heterocycles. The second-order valence-corrected chi connectivity index (χ2v) is 9.19. The van der Waals surface area contributed by atoms with Crippen molar-refractivity contribution in [2.45, 2.75) is 57.7 Å². The zero-order valence-corrected chi connectivity index (χ0v) is 19.8. The predicted octanol–water partition coefficient (Wildman–Crippen LogP) is 4.35. The van der Waals surface area contributed by atoms with Gasteiger partial charge >= 0.3 is 0 Å². The quantitative estimate of drug-likeness (QED) is 0.468. The van der Waals surface area contributed by atoms with Gasteiger partial charge in [-0.3, -0.25) is 14.5 Å². The molecule has 5 nitrogen and oxygen atoms in total. The van der Waals surface area contributed by atoms with Crippen molar-refractivity contribution >= 4 is 62.0 Å². The van der Waals surface area contributed by atoms with Gasteiger partial charge in [-0.05, 0) is 53.5 Å². The average molecular weight is 521 g/mol. The Morgan fingerprint density at radius 3 is 2.52 bits per heavy atom. The van der Waals surface area contributed by atoms with Crippen molar-refractivity contribution in [2.24, 2.45) is 0 Å². The maximum Gasteiger partial charge on any atom is 0.247 e. The number of nitrogens with one attached hydrogen (secondary N) is 2. The van der Waals surface area contributed by atoms with E-state index in [0.29, 0.717) is 6.04 Å². The Labute approximate surface area is 183 Å². The number of rotatable bonds is 7. The van der Waals surface area contributed by atoms with Crippen LogP contribution in [0.5, 0.6) is 0 Å². The molecule has 0 bridgehead atoms. The zero-order chi connectivity index (χ0) is 20.0. The third-order valence-electron chi connectivity index (χ3n) is 4.88. The largest absolute Gasteiger partial charge is 0.344 e. The van der Waals surface area contributed by atoms with Crippen LogP contribution in [0.1, 0.15) is 44.6 Å². The second kappa shape index (κ2) is 10.8. The van der Waals surface area contributed by atoms with Crippen LogP contribution in [0.25, 0.3) is 0 Å². The van der Waals surface area contributed by atoms with Crippen molar-refractivity contribution in [3.63, 3.8) is 0 Å². The van der Waals surface area contributed by atoms with Gasteiger partial charge in [-0.1, -0.05) is 35.2 Å². The van der Waals surface area contributed by atoms with E-state index in [2.05, 4.69) is 67.1 Å². The molecule has 1 aliphatic rings. The number of benzene rings is 1. The predicted molar refractivity (Wildman–Crippen MR) is 120 cm³/mol. The number of anilines is 1. The molecule has 1 saturated carbocycles. The van der Waals surface area contributed by atoms with Crippen LogP contribution in [-0.4, -0.2) is 41.6 Å². The van der Waals surface area contributed by atoms with E-state index in [9.17, 15) is 9.59 Å². The minimum absolute atomic E-state index is 0.233. The normalized spacial score (nSPS) is 16.2. The van der Waals surface area contributed by atoms with E-state index in [-0.39, 0.29) is 17.6 Å². The summed E-state index contributed by atoms with van der Waals surface area (Å²) in [4.78, 5) is 26.3. The third-order valence-corrected chi connectivity index (χ3v) is 6.33. The first-order chi connectivity index (χ1) is 12.8. The number of carbonyl (C=O) groups excluding carboxylic acids is 2. The summed E-state index contributed by atoms with van der Waals surface area (Å²) in [7, 11) is 2.14. The lowest BCUT2D eigenvalue weighted by Crippen LogP contribution is -2.44. The minimum Gasteiger partial charge on any atom is -0.344 e. The molecule has 2 amide bonds. The van der Waals surface area contributed by atoms with Crippen molar-refractivity contribution in [1.82, 2.24) is 10.2 Å². The molecule has 1 atom stereocenters. The first kappa shape index (κ1) is 22.7. The van der Waals surface area contributed by atoms with Crippen molar-refractivity contribution < 1.29 is 9.59 Å². The molecular weight excluding hydrogens is 494 g/mol. The van der Waals surface area contributed by atoms with Crippen LogP contribution in [-0.2, 0) is 16.1 Å². The lowest BCUT2D eigenvalue weighted by molar-refractivity contribution is -0.124. The highest BCUT2D eigenvalue weighted by atomic mass is 79.9. The monoisotopic (exact) mass is 519 g/mol. The number of nitrogens with zero attached hydrogens (tertiary/aromatic N) is 1. The van der Waals surface area contributed by atoms with E-state index in [1.54, 1.807) is 0 Å². The molecule has 1 aliphatic carbocycles. The van der Waals surface area contributed by atoms with Gasteiger partial charge in [0.25, 0.3) is 0 Å². The van der Waals surface area contributed by atoms with E-state index in [1.807, 2.05) is 12.1 Å². The van der Waals surface area contributed by atoms with Crippen LogP contribution < -0.4 is 10.6 Å². The third kappa shape index (κ3) is 6.76. The Balaban J connectivity index is 2.19. The molecule has 2 N–H and O–H groups in total. The van der Waals surface area contributed by atoms with E-state index >= 15 is 0 Å². The van der Waals surface area contributed by atoms with Gasteiger partial charge in [0.2, 0.25) is 11.8 Å². The Bertz CT molecular complexity index is 681. The lowest BCUT2D eigenvalue weighted by Gasteiger charge is -2.32. The Morgan fingerprint density at radius 2 is 1.93 bits per heavy atom. The lowest BCUT2D eigenvalue weighted by atomic mass is 9.94. The van der Waals surface area contributed by atoms with E-state index < -0.39 is 6.04 Å². The number of hydrogen-bond acceptors (Lipinski definition) is 4. The van der Waals surface area contributed by atoms with Gasteiger partial charge in [0.05, 0.1) is 5.69 Å². The molecule has 1 aromatic carbocycles. The molecule has 0 heterocycles. The first-order valence-electron chi connectivity index (χ1n) is 9.18.